The number of allylic oxidation sites excluding steroid dienone is 1. The fourth-order valence-corrected chi connectivity index (χ4v) is 3.53. The van der Waals surface area contributed by atoms with E-state index in [1.807, 2.05) is 0 Å². The highest BCUT2D eigenvalue weighted by atomic mass is 15.4. The van der Waals surface area contributed by atoms with Crippen molar-refractivity contribution in [1.82, 2.24) is 10.9 Å². The van der Waals surface area contributed by atoms with Crippen LogP contribution in [0.4, 0.5) is 0 Å². The molecule has 0 aromatic heterocycles. The first-order valence-electron chi connectivity index (χ1n) is 6.14. The van der Waals surface area contributed by atoms with Crippen LogP contribution in [-0.2, 0) is 0 Å². The first-order valence-corrected chi connectivity index (χ1v) is 6.14. The third-order valence-corrected chi connectivity index (χ3v) is 4.31. The molecule has 2 N–H and O–H groups in total. The summed E-state index contributed by atoms with van der Waals surface area (Å²) in [4.78, 5) is 0. The third kappa shape index (κ3) is 1.20. The largest absolute Gasteiger partial charge is 0.325 e. The van der Waals surface area contributed by atoms with Gasteiger partial charge >= 0.3 is 0 Å². The Balaban J connectivity index is 1.86. The van der Waals surface area contributed by atoms with Crippen molar-refractivity contribution in [3.63, 3.8) is 0 Å². The molecule has 1 saturated carbocycles. The van der Waals surface area contributed by atoms with Crippen LogP contribution >= 0.6 is 0 Å². The molecule has 1 saturated heterocycles. The molecule has 0 bridgehead atoms. The number of rotatable bonds is 0. The standard InChI is InChI=1S/C12H20N2/c1-4-8-12(9-5-1)10-6-2-3-7-11(10)13-14-12/h7,10,13-14H,1-6,8-9H2/t10-/m0/s1. The maximum Gasteiger partial charge on any atom is 0.0453 e. The molecule has 1 aliphatic heterocycles. The van der Waals surface area contributed by atoms with Crippen molar-refractivity contribution in [2.24, 2.45) is 5.92 Å². The van der Waals surface area contributed by atoms with Crippen molar-refractivity contribution in [1.29, 1.82) is 0 Å². The van der Waals surface area contributed by atoms with E-state index in [-0.39, 0.29) is 0 Å². The smallest absolute Gasteiger partial charge is 0.0453 e. The molecular formula is C12H20N2. The minimum Gasteiger partial charge on any atom is -0.325 e. The molecule has 0 aromatic rings. The Hall–Kier alpha value is -0.500. The highest BCUT2D eigenvalue weighted by Gasteiger charge is 2.46. The van der Waals surface area contributed by atoms with Crippen LogP contribution < -0.4 is 10.9 Å². The summed E-state index contributed by atoms with van der Waals surface area (Å²) in [5.74, 6) is 0.802. The lowest BCUT2D eigenvalue weighted by Crippen LogP contribution is -2.48. The SMILES string of the molecule is C1=C2NNC3(CCCCC3)[C@H]2CCC1. The fraction of sp³-hybridized carbons (Fsp3) is 0.833. The molecule has 2 nitrogen and oxygen atoms in total. The van der Waals surface area contributed by atoms with Crippen molar-refractivity contribution in [2.75, 3.05) is 0 Å². The maximum atomic E-state index is 3.60. The highest BCUT2D eigenvalue weighted by molar-refractivity contribution is 5.20. The summed E-state index contributed by atoms with van der Waals surface area (Å²) in [6.45, 7) is 0. The minimum atomic E-state index is 0.435. The van der Waals surface area contributed by atoms with Gasteiger partial charge in [-0.25, -0.2) is 5.43 Å². The molecule has 0 unspecified atom stereocenters. The number of nitrogens with one attached hydrogen (secondary N) is 2. The molecule has 2 fully saturated rings. The maximum absolute atomic E-state index is 3.60. The average molecular weight is 192 g/mol. The van der Waals surface area contributed by atoms with Crippen molar-refractivity contribution in [2.45, 2.75) is 56.9 Å². The predicted molar refractivity (Wildman–Crippen MR) is 57.5 cm³/mol. The molecular weight excluding hydrogens is 172 g/mol. The molecule has 2 aliphatic carbocycles. The first kappa shape index (κ1) is 8.78. The van der Waals surface area contributed by atoms with Crippen molar-refractivity contribution in [3.05, 3.63) is 11.8 Å². The summed E-state index contributed by atoms with van der Waals surface area (Å²) < 4.78 is 0. The van der Waals surface area contributed by atoms with Gasteiger partial charge in [-0.3, -0.25) is 0 Å². The van der Waals surface area contributed by atoms with Crippen LogP contribution in [0.5, 0.6) is 0 Å². The monoisotopic (exact) mass is 192 g/mol. The Morgan fingerprint density at radius 1 is 1.14 bits per heavy atom. The van der Waals surface area contributed by atoms with E-state index in [1.165, 1.54) is 57.1 Å². The van der Waals surface area contributed by atoms with Crippen LogP contribution in [0.2, 0.25) is 0 Å². The van der Waals surface area contributed by atoms with E-state index < -0.39 is 0 Å². The zero-order valence-corrected chi connectivity index (χ0v) is 8.81. The summed E-state index contributed by atoms with van der Waals surface area (Å²) in [5.41, 5.74) is 8.96. The van der Waals surface area contributed by atoms with Gasteiger partial charge in [0, 0.05) is 17.2 Å². The lowest BCUT2D eigenvalue weighted by Gasteiger charge is -2.38. The van der Waals surface area contributed by atoms with Crippen molar-refractivity contribution >= 4 is 0 Å². The van der Waals surface area contributed by atoms with Crippen LogP contribution in [0.1, 0.15) is 51.4 Å². The van der Waals surface area contributed by atoms with Gasteiger partial charge in [0.25, 0.3) is 0 Å². The Morgan fingerprint density at radius 3 is 2.86 bits per heavy atom. The van der Waals surface area contributed by atoms with Gasteiger partial charge in [0.15, 0.2) is 0 Å². The van der Waals surface area contributed by atoms with Crippen molar-refractivity contribution in [3.8, 4) is 0 Å². The summed E-state index contributed by atoms with van der Waals surface area (Å²) in [6.07, 6.45) is 13.5. The average Bonchev–Trinajstić information content (AvgIpc) is 2.60. The molecule has 0 radical (unpaired) electrons. The molecule has 0 aromatic carbocycles. The molecule has 2 heteroatoms. The molecule has 14 heavy (non-hydrogen) atoms. The molecule has 78 valence electrons. The van der Waals surface area contributed by atoms with Gasteiger partial charge in [-0.05, 0) is 32.1 Å². The van der Waals surface area contributed by atoms with Crippen LogP contribution in [0.25, 0.3) is 0 Å². The van der Waals surface area contributed by atoms with E-state index in [0.717, 1.165) is 5.92 Å². The Morgan fingerprint density at radius 2 is 2.00 bits per heavy atom. The number of hydrogen-bond donors (Lipinski definition) is 2. The Kier molecular flexibility index (Phi) is 2.05. The third-order valence-electron chi connectivity index (χ3n) is 4.31. The van der Waals surface area contributed by atoms with Gasteiger partial charge in [-0.1, -0.05) is 25.3 Å². The van der Waals surface area contributed by atoms with E-state index in [0.29, 0.717) is 5.54 Å². The molecule has 1 atom stereocenters. The second kappa shape index (κ2) is 3.27. The summed E-state index contributed by atoms with van der Waals surface area (Å²) in [5, 5.41) is 0. The summed E-state index contributed by atoms with van der Waals surface area (Å²) in [6, 6.07) is 0. The zero-order valence-electron chi connectivity index (χ0n) is 8.81. The summed E-state index contributed by atoms with van der Waals surface area (Å²) >= 11 is 0. The Labute approximate surface area is 86.1 Å². The Bertz CT molecular complexity index is 251. The van der Waals surface area contributed by atoms with E-state index >= 15 is 0 Å². The van der Waals surface area contributed by atoms with Crippen LogP contribution in [0.3, 0.4) is 0 Å². The number of hydrazine groups is 1. The molecule has 3 rings (SSSR count). The van der Waals surface area contributed by atoms with Gasteiger partial charge in [0.05, 0.1) is 0 Å². The van der Waals surface area contributed by atoms with Gasteiger partial charge in [0.2, 0.25) is 0 Å². The van der Waals surface area contributed by atoms with Gasteiger partial charge < -0.3 is 5.43 Å². The summed E-state index contributed by atoms with van der Waals surface area (Å²) in [7, 11) is 0. The normalized spacial score (nSPS) is 34.9. The number of hydrogen-bond acceptors (Lipinski definition) is 2. The first-order chi connectivity index (χ1) is 6.91. The quantitative estimate of drug-likeness (QED) is 0.616. The predicted octanol–water partition coefficient (Wildman–Crippen LogP) is 2.48. The van der Waals surface area contributed by atoms with Gasteiger partial charge in [0.1, 0.15) is 0 Å². The molecule has 0 amide bonds. The van der Waals surface area contributed by atoms with E-state index in [1.54, 1.807) is 0 Å². The van der Waals surface area contributed by atoms with Crippen LogP contribution in [0, 0.1) is 5.92 Å². The lowest BCUT2D eigenvalue weighted by atomic mass is 9.70. The molecule has 1 heterocycles. The highest BCUT2D eigenvalue weighted by Crippen LogP contribution is 2.44. The number of fused-ring (bicyclic) bond motifs is 2. The fourth-order valence-electron chi connectivity index (χ4n) is 3.53. The second-order valence-corrected chi connectivity index (χ2v) is 5.11. The van der Waals surface area contributed by atoms with E-state index in [9.17, 15) is 0 Å². The molecule has 1 spiro atoms. The molecule has 3 aliphatic rings. The zero-order chi connectivity index (χ0) is 9.43. The lowest BCUT2D eigenvalue weighted by molar-refractivity contribution is 0.190. The van der Waals surface area contributed by atoms with E-state index in [2.05, 4.69) is 16.9 Å². The van der Waals surface area contributed by atoms with Gasteiger partial charge in [-0.15, -0.1) is 0 Å². The second-order valence-electron chi connectivity index (χ2n) is 5.11. The van der Waals surface area contributed by atoms with Crippen LogP contribution in [0.15, 0.2) is 11.8 Å². The van der Waals surface area contributed by atoms with Gasteiger partial charge in [-0.2, -0.15) is 0 Å². The van der Waals surface area contributed by atoms with Crippen LogP contribution in [-0.4, -0.2) is 5.54 Å². The van der Waals surface area contributed by atoms with E-state index in [4.69, 9.17) is 0 Å². The van der Waals surface area contributed by atoms with Crippen molar-refractivity contribution < 1.29 is 0 Å². The minimum absolute atomic E-state index is 0.435. The topological polar surface area (TPSA) is 24.1 Å².